The summed E-state index contributed by atoms with van der Waals surface area (Å²) in [6.07, 6.45) is 2.00. The molecule has 20 heavy (non-hydrogen) atoms. The van der Waals surface area contributed by atoms with Crippen molar-refractivity contribution in [3.63, 3.8) is 0 Å². The minimum Gasteiger partial charge on any atom is -0.493 e. The summed E-state index contributed by atoms with van der Waals surface area (Å²) < 4.78 is 21.6. The van der Waals surface area contributed by atoms with Gasteiger partial charge in [0.25, 0.3) is 0 Å². The highest BCUT2D eigenvalue weighted by Crippen LogP contribution is 2.44. The molecular formula is C14H20ClNO4. The van der Waals surface area contributed by atoms with Crippen LogP contribution in [0.4, 0.5) is 0 Å². The van der Waals surface area contributed by atoms with Gasteiger partial charge in [-0.25, -0.2) is 0 Å². The highest BCUT2D eigenvalue weighted by Gasteiger charge is 2.26. The van der Waals surface area contributed by atoms with Crippen LogP contribution in [-0.2, 0) is 4.74 Å². The number of fused-ring (bicyclic) bond motifs is 1. The van der Waals surface area contributed by atoms with Crippen molar-refractivity contribution in [3.8, 4) is 17.2 Å². The predicted octanol–water partition coefficient (Wildman–Crippen LogP) is 2.27. The third-order valence-corrected chi connectivity index (χ3v) is 3.84. The lowest BCUT2D eigenvalue weighted by Crippen LogP contribution is -2.27. The Morgan fingerprint density at radius 2 is 2.00 bits per heavy atom. The zero-order valence-electron chi connectivity index (χ0n) is 11.5. The third kappa shape index (κ3) is 2.80. The van der Waals surface area contributed by atoms with Gasteiger partial charge >= 0.3 is 0 Å². The molecule has 5 nitrogen and oxygen atoms in total. The molecule has 1 saturated heterocycles. The minimum atomic E-state index is -0.0210. The summed E-state index contributed by atoms with van der Waals surface area (Å²) in [6, 6.07) is 3.89. The smallest absolute Gasteiger partial charge is 0.231 e. The van der Waals surface area contributed by atoms with Crippen molar-refractivity contribution in [2.24, 2.45) is 11.7 Å². The first-order valence-corrected chi connectivity index (χ1v) is 6.60. The summed E-state index contributed by atoms with van der Waals surface area (Å²) in [5, 5.41) is 0. The van der Waals surface area contributed by atoms with Gasteiger partial charge in [0.15, 0.2) is 11.5 Å². The molecule has 3 rings (SSSR count). The first-order chi connectivity index (χ1) is 9.29. The van der Waals surface area contributed by atoms with E-state index in [1.807, 2.05) is 12.1 Å². The number of ether oxygens (including phenoxy) is 4. The molecule has 1 fully saturated rings. The summed E-state index contributed by atoms with van der Waals surface area (Å²) >= 11 is 0. The van der Waals surface area contributed by atoms with Gasteiger partial charge in [-0.3, -0.25) is 0 Å². The number of nitrogens with two attached hydrogens (primary N) is 1. The van der Waals surface area contributed by atoms with Gasteiger partial charge in [0.05, 0.1) is 7.11 Å². The summed E-state index contributed by atoms with van der Waals surface area (Å²) in [7, 11) is 1.63. The average Bonchev–Trinajstić information content (AvgIpc) is 2.94. The van der Waals surface area contributed by atoms with E-state index in [4.69, 9.17) is 24.7 Å². The molecule has 0 aromatic heterocycles. The van der Waals surface area contributed by atoms with Gasteiger partial charge in [-0.1, -0.05) is 0 Å². The van der Waals surface area contributed by atoms with Gasteiger partial charge in [0.2, 0.25) is 12.5 Å². The SMILES string of the molecule is COc1cc([C@@H](N)C2CCOCC2)cc2c1OCO2.Cl. The molecule has 2 aliphatic rings. The van der Waals surface area contributed by atoms with E-state index in [2.05, 4.69) is 0 Å². The topological polar surface area (TPSA) is 62.9 Å². The van der Waals surface area contributed by atoms with Crippen LogP contribution in [0.1, 0.15) is 24.4 Å². The highest BCUT2D eigenvalue weighted by atomic mass is 35.5. The van der Waals surface area contributed by atoms with E-state index in [1.54, 1.807) is 7.11 Å². The van der Waals surface area contributed by atoms with Crippen molar-refractivity contribution in [1.29, 1.82) is 0 Å². The Kier molecular flexibility index (Phi) is 4.96. The number of rotatable bonds is 3. The van der Waals surface area contributed by atoms with Gasteiger partial charge < -0.3 is 24.7 Å². The van der Waals surface area contributed by atoms with Crippen LogP contribution in [0, 0.1) is 5.92 Å². The molecular weight excluding hydrogens is 282 g/mol. The second kappa shape index (κ2) is 6.52. The zero-order valence-corrected chi connectivity index (χ0v) is 12.3. The summed E-state index contributed by atoms with van der Waals surface area (Å²) in [5.74, 6) is 2.52. The maximum Gasteiger partial charge on any atom is 0.231 e. The van der Waals surface area contributed by atoms with Crippen molar-refractivity contribution in [2.75, 3.05) is 27.1 Å². The molecule has 2 aliphatic heterocycles. The van der Waals surface area contributed by atoms with Crippen LogP contribution in [0.5, 0.6) is 17.2 Å². The van der Waals surface area contributed by atoms with Crippen LogP contribution in [0.15, 0.2) is 12.1 Å². The summed E-state index contributed by atoms with van der Waals surface area (Å²) in [5.41, 5.74) is 7.42. The largest absolute Gasteiger partial charge is 0.493 e. The summed E-state index contributed by atoms with van der Waals surface area (Å²) in [6.45, 7) is 1.82. The molecule has 0 spiro atoms. The molecule has 1 aromatic carbocycles. The Hall–Kier alpha value is -1.17. The maximum absolute atomic E-state index is 6.38. The molecule has 0 saturated carbocycles. The van der Waals surface area contributed by atoms with Gasteiger partial charge in [-0.05, 0) is 36.5 Å². The molecule has 0 aliphatic carbocycles. The fourth-order valence-corrected chi connectivity index (χ4v) is 2.69. The van der Waals surface area contributed by atoms with Crippen LogP contribution in [-0.4, -0.2) is 27.1 Å². The van der Waals surface area contributed by atoms with Crippen LogP contribution < -0.4 is 19.9 Å². The number of hydrogen-bond donors (Lipinski definition) is 1. The zero-order chi connectivity index (χ0) is 13.2. The van der Waals surface area contributed by atoms with Crippen LogP contribution in [0.25, 0.3) is 0 Å². The lowest BCUT2D eigenvalue weighted by molar-refractivity contribution is 0.0583. The van der Waals surface area contributed by atoms with E-state index in [9.17, 15) is 0 Å². The molecule has 0 bridgehead atoms. The van der Waals surface area contributed by atoms with E-state index in [1.165, 1.54) is 0 Å². The molecule has 1 aromatic rings. The van der Waals surface area contributed by atoms with Gasteiger partial charge in [-0.15, -0.1) is 12.4 Å². The Morgan fingerprint density at radius 3 is 2.70 bits per heavy atom. The molecule has 2 heterocycles. The normalized spacial score (nSPS) is 19.3. The van der Waals surface area contributed by atoms with E-state index in [-0.39, 0.29) is 25.2 Å². The fourth-order valence-electron chi connectivity index (χ4n) is 2.69. The second-order valence-corrected chi connectivity index (χ2v) is 4.93. The fraction of sp³-hybridized carbons (Fsp3) is 0.571. The van der Waals surface area contributed by atoms with E-state index >= 15 is 0 Å². The Morgan fingerprint density at radius 1 is 1.25 bits per heavy atom. The van der Waals surface area contributed by atoms with Crippen LogP contribution in [0.2, 0.25) is 0 Å². The summed E-state index contributed by atoms with van der Waals surface area (Å²) in [4.78, 5) is 0. The van der Waals surface area contributed by atoms with Crippen molar-refractivity contribution in [1.82, 2.24) is 0 Å². The van der Waals surface area contributed by atoms with E-state index in [0.717, 1.165) is 37.4 Å². The van der Waals surface area contributed by atoms with Crippen LogP contribution >= 0.6 is 12.4 Å². The standard InChI is InChI=1S/C14H19NO4.ClH/c1-16-11-6-10(7-12-14(11)19-8-18-12)13(15)9-2-4-17-5-3-9;/h6-7,9,13H,2-5,8,15H2,1H3;1H/t13-;/m0./s1. The quantitative estimate of drug-likeness (QED) is 0.928. The average molecular weight is 302 g/mol. The number of hydrogen-bond acceptors (Lipinski definition) is 5. The minimum absolute atomic E-state index is 0. The number of benzene rings is 1. The monoisotopic (exact) mass is 301 g/mol. The molecule has 2 N–H and O–H groups in total. The molecule has 6 heteroatoms. The molecule has 0 amide bonds. The maximum atomic E-state index is 6.38. The first-order valence-electron chi connectivity index (χ1n) is 6.60. The van der Waals surface area contributed by atoms with Crippen molar-refractivity contribution in [2.45, 2.75) is 18.9 Å². The van der Waals surface area contributed by atoms with Gasteiger partial charge in [0.1, 0.15) is 0 Å². The molecule has 1 atom stereocenters. The van der Waals surface area contributed by atoms with E-state index in [0.29, 0.717) is 17.4 Å². The number of methoxy groups -OCH3 is 1. The van der Waals surface area contributed by atoms with Crippen molar-refractivity contribution in [3.05, 3.63) is 17.7 Å². The number of halogens is 1. The highest BCUT2D eigenvalue weighted by molar-refractivity contribution is 5.85. The van der Waals surface area contributed by atoms with Gasteiger partial charge in [-0.2, -0.15) is 0 Å². The molecule has 0 unspecified atom stereocenters. The third-order valence-electron chi connectivity index (χ3n) is 3.84. The van der Waals surface area contributed by atoms with E-state index < -0.39 is 0 Å². The predicted molar refractivity (Wildman–Crippen MR) is 76.8 cm³/mol. The van der Waals surface area contributed by atoms with Crippen LogP contribution in [0.3, 0.4) is 0 Å². The van der Waals surface area contributed by atoms with Crippen molar-refractivity contribution >= 4 is 12.4 Å². The Bertz CT molecular complexity index is 463. The van der Waals surface area contributed by atoms with Gasteiger partial charge in [0, 0.05) is 19.3 Å². The van der Waals surface area contributed by atoms with Crippen molar-refractivity contribution < 1.29 is 18.9 Å². The lowest BCUT2D eigenvalue weighted by atomic mass is 9.87. The Balaban J connectivity index is 0.00000147. The second-order valence-electron chi connectivity index (χ2n) is 4.93. The molecule has 0 radical (unpaired) electrons. The molecule has 112 valence electrons. The lowest BCUT2D eigenvalue weighted by Gasteiger charge is -2.28. The first kappa shape index (κ1) is 15.2. The Labute approximate surface area is 124 Å².